The van der Waals surface area contributed by atoms with Crippen molar-refractivity contribution in [2.45, 2.75) is 102 Å². The molecule has 5 aromatic rings. The van der Waals surface area contributed by atoms with Crippen LogP contribution < -0.4 is 16.2 Å². The summed E-state index contributed by atoms with van der Waals surface area (Å²) in [7, 11) is 0. The minimum absolute atomic E-state index is 0.0111. The van der Waals surface area contributed by atoms with Crippen molar-refractivity contribution in [1.29, 1.82) is 0 Å². The molecule has 0 unspecified atom stereocenters. The van der Waals surface area contributed by atoms with Gasteiger partial charge in [-0.2, -0.15) is 0 Å². The first-order chi connectivity index (χ1) is 29.8. The smallest absolute Gasteiger partial charge is 0.278 e. The standard InChI is InChI=1S/C36H47N5O4.C10H12N4O3/c1-36(2,3)39-35(45)31-24-40(22-26-12-9-15-37-21-26)16-17-41(31)23-29(42)19-28(18-25-10-5-4-6-11-25)34(44)38-33-30-14-8-7-13-27(30)20-32(33)43;15-3-6-1-2-7(17-6)14-5-13-8-9(14)11-4-12-10(8)16/h4-15,21,28-29,31-33,42-43H,16-20,22-24H2,1-3H3,(H,38,44)(H,39,45);4-7,15H,1-3H2,(H,11,12,16)/t28-,29-,31-,32+,33-;6-,7+/m00/s1. The number of carbonyl (C=O) groups excluding carboxylic acids is 2. The van der Waals surface area contributed by atoms with Crippen molar-refractivity contribution in [3.05, 3.63) is 124 Å². The van der Waals surface area contributed by atoms with E-state index in [-0.39, 0.29) is 49.3 Å². The molecular formula is C46H59N9O7. The Morgan fingerprint density at radius 3 is 2.52 bits per heavy atom. The number of hydrogen-bond acceptors (Lipinski definition) is 12. The molecule has 3 aromatic heterocycles. The number of piperazine rings is 1. The highest BCUT2D eigenvalue weighted by Crippen LogP contribution is 2.32. The van der Waals surface area contributed by atoms with Crippen LogP contribution in [0.2, 0.25) is 0 Å². The number of ether oxygens (including phenoxy) is 1. The summed E-state index contributed by atoms with van der Waals surface area (Å²) in [6.07, 6.45) is 7.40. The maximum Gasteiger partial charge on any atom is 0.278 e. The minimum atomic E-state index is -0.833. The molecule has 1 aliphatic carbocycles. The molecule has 7 atom stereocenters. The Morgan fingerprint density at radius 1 is 1.00 bits per heavy atom. The number of nitrogens with zero attached hydrogens (tertiary/aromatic N) is 6. The summed E-state index contributed by atoms with van der Waals surface area (Å²) in [5, 5.41) is 37.5. The lowest BCUT2D eigenvalue weighted by atomic mass is 9.91. The topological polar surface area (TPSA) is 211 Å². The highest BCUT2D eigenvalue weighted by molar-refractivity contribution is 5.83. The summed E-state index contributed by atoms with van der Waals surface area (Å²) in [5.74, 6) is -0.781. The molecule has 6 N–H and O–H groups in total. The number of hydrogen-bond donors (Lipinski definition) is 6. The van der Waals surface area contributed by atoms with Crippen LogP contribution in [0.1, 0.15) is 74.6 Å². The van der Waals surface area contributed by atoms with Gasteiger partial charge in [0.05, 0.1) is 43.6 Å². The van der Waals surface area contributed by atoms with Gasteiger partial charge in [-0.15, -0.1) is 0 Å². The SMILES string of the molecule is CC(C)(C)NC(=O)[C@@H]1CN(Cc2cccnc2)CCN1C[C@@H](O)C[C@H](Cc1ccccc1)C(=O)N[C@H]1c2ccccc2C[C@H]1O.O=c1[nH]cnc2c1ncn2[C@H]1CC[C@@H](CO)O1. The minimum Gasteiger partial charge on any atom is -0.394 e. The number of amides is 2. The average Bonchev–Trinajstić information content (AvgIpc) is 3.99. The molecule has 0 saturated carbocycles. The zero-order valence-electron chi connectivity index (χ0n) is 35.6. The molecule has 2 saturated heterocycles. The van der Waals surface area contributed by atoms with E-state index in [0.717, 1.165) is 41.6 Å². The first kappa shape index (κ1) is 44.7. The third kappa shape index (κ3) is 11.4. The van der Waals surface area contributed by atoms with Gasteiger partial charge in [0, 0.05) is 63.0 Å². The normalized spacial score (nSPS) is 22.6. The van der Waals surface area contributed by atoms with E-state index in [1.54, 1.807) is 17.1 Å². The first-order valence-corrected chi connectivity index (χ1v) is 21.5. The molecule has 5 heterocycles. The molecule has 8 rings (SSSR count). The van der Waals surface area contributed by atoms with Gasteiger partial charge in [-0.05, 0) is 74.8 Å². The highest BCUT2D eigenvalue weighted by Gasteiger charge is 2.37. The van der Waals surface area contributed by atoms with E-state index in [9.17, 15) is 24.6 Å². The molecule has 330 valence electrons. The number of aliphatic hydroxyl groups is 3. The predicted molar refractivity (Wildman–Crippen MR) is 232 cm³/mol. The number of aliphatic hydroxyl groups excluding tert-OH is 3. The lowest BCUT2D eigenvalue weighted by molar-refractivity contribution is -0.132. The molecule has 2 aromatic carbocycles. The number of carbonyl (C=O) groups is 2. The molecule has 62 heavy (non-hydrogen) atoms. The number of β-amino-alcohol motifs (C(OH)–C–C–N with tert-alkyl or cyclic N) is 1. The average molecular weight is 850 g/mol. The fourth-order valence-electron chi connectivity index (χ4n) is 8.66. The zero-order chi connectivity index (χ0) is 43.8. The van der Waals surface area contributed by atoms with Crippen molar-refractivity contribution in [3.63, 3.8) is 0 Å². The Bertz CT molecular complexity index is 2300. The number of nitrogens with one attached hydrogen (secondary N) is 3. The second kappa shape index (κ2) is 20.2. The lowest BCUT2D eigenvalue weighted by Crippen LogP contribution is -2.61. The summed E-state index contributed by atoms with van der Waals surface area (Å²) in [4.78, 5) is 58.0. The molecule has 16 heteroatoms. The van der Waals surface area contributed by atoms with Crippen LogP contribution in [0.4, 0.5) is 0 Å². The number of rotatable bonds is 13. The van der Waals surface area contributed by atoms with Gasteiger partial charge in [-0.1, -0.05) is 60.7 Å². The lowest BCUT2D eigenvalue weighted by Gasteiger charge is -2.42. The van der Waals surface area contributed by atoms with Crippen LogP contribution in [0.5, 0.6) is 0 Å². The Balaban J connectivity index is 0.000000281. The van der Waals surface area contributed by atoms with Crippen LogP contribution in [0.3, 0.4) is 0 Å². The van der Waals surface area contributed by atoms with Gasteiger partial charge in [-0.25, -0.2) is 9.97 Å². The van der Waals surface area contributed by atoms with Crippen molar-refractivity contribution in [3.8, 4) is 0 Å². The van der Waals surface area contributed by atoms with Crippen LogP contribution in [0, 0.1) is 5.92 Å². The van der Waals surface area contributed by atoms with E-state index in [2.05, 4.69) is 40.4 Å². The molecule has 2 amide bonds. The zero-order valence-corrected chi connectivity index (χ0v) is 35.6. The van der Waals surface area contributed by atoms with Gasteiger partial charge in [0.2, 0.25) is 11.8 Å². The van der Waals surface area contributed by atoms with Crippen LogP contribution in [0.15, 0.2) is 96.6 Å². The van der Waals surface area contributed by atoms with E-state index < -0.39 is 35.7 Å². The van der Waals surface area contributed by atoms with E-state index in [1.165, 1.54) is 6.33 Å². The van der Waals surface area contributed by atoms with Crippen molar-refractivity contribution in [2.75, 3.05) is 32.8 Å². The molecule has 2 aliphatic heterocycles. The van der Waals surface area contributed by atoms with E-state index >= 15 is 0 Å². The fourth-order valence-corrected chi connectivity index (χ4v) is 8.66. The highest BCUT2D eigenvalue weighted by atomic mass is 16.5. The van der Waals surface area contributed by atoms with Crippen molar-refractivity contribution in [2.24, 2.45) is 5.92 Å². The van der Waals surface area contributed by atoms with Gasteiger partial charge in [0.15, 0.2) is 11.2 Å². The number of H-pyrrole nitrogens is 1. The maximum absolute atomic E-state index is 13.8. The summed E-state index contributed by atoms with van der Waals surface area (Å²) in [5.41, 5.74) is 4.24. The first-order valence-electron chi connectivity index (χ1n) is 21.5. The molecule has 0 radical (unpaired) electrons. The van der Waals surface area contributed by atoms with Gasteiger partial charge in [0.1, 0.15) is 12.3 Å². The molecule has 2 fully saturated rings. The third-order valence-corrected chi connectivity index (χ3v) is 11.7. The van der Waals surface area contributed by atoms with Crippen LogP contribution >= 0.6 is 0 Å². The summed E-state index contributed by atoms with van der Waals surface area (Å²) >= 11 is 0. The van der Waals surface area contributed by atoms with E-state index in [1.807, 2.05) is 93.7 Å². The molecular weight excluding hydrogens is 791 g/mol. The van der Waals surface area contributed by atoms with Crippen molar-refractivity contribution < 1.29 is 29.6 Å². The number of imidazole rings is 1. The Hall–Kier alpha value is -5.36. The second-order valence-corrected chi connectivity index (χ2v) is 17.6. The number of pyridine rings is 1. The maximum atomic E-state index is 13.8. The van der Waals surface area contributed by atoms with E-state index in [4.69, 9.17) is 9.84 Å². The predicted octanol–water partition coefficient (Wildman–Crippen LogP) is 2.66. The second-order valence-electron chi connectivity index (χ2n) is 17.6. The fraction of sp³-hybridized carbons (Fsp3) is 0.478. The number of fused-ring (bicyclic) bond motifs is 2. The summed E-state index contributed by atoms with van der Waals surface area (Å²) in [6.45, 7) is 8.75. The monoisotopic (exact) mass is 849 g/mol. The van der Waals surface area contributed by atoms with Crippen LogP contribution in [0.25, 0.3) is 11.2 Å². The number of aromatic nitrogens is 5. The van der Waals surface area contributed by atoms with Crippen molar-refractivity contribution in [1.82, 2.24) is 44.9 Å². The molecule has 16 nitrogen and oxygen atoms in total. The molecule has 0 spiro atoms. The Kier molecular flexibility index (Phi) is 14.6. The van der Waals surface area contributed by atoms with Crippen molar-refractivity contribution >= 4 is 23.0 Å². The van der Waals surface area contributed by atoms with Gasteiger partial charge in [0.25, 0.3) is 5.56 Å². The van der Waals surface area contributed by atoms with Gasteiger partial charge >= 0.3 is 0 Å². The van der Waals surface area contributed by atoms with Gasteiger partial charge < -0.3 is 35.7 Å². The number of aromatic amines is 1. The Morgan fingerprint density at radius 2 is 1.77 bits per heavy atom. The number of benzene rings is 2. The van der Waals surface area contributed by atoms with Crippen LogP contribution in [-0.4, -0.2) is 124 Å². The molecule has 0 bridgehead atoms. The largest absolute Gasteiger partial charge is 0.394 e. The molecule has 3 aliphatic rings. The quantitative estimate of drug-likeness (QED) is 0.101. The van der Waals surface area contributed by atoms with Gasteiger partial charge in [-0.3, -0.25) is 33.7 Å². The van der Waals surface area contributed by atoms with Crippen LogP contribution in [-0.2, 0) is 33.7 Å². The Labute approximate surface area is 361 Å². The summed E-state index contributed by atoms with van der Waals surface area (Å²) < 4.78 is 7.36. The van der Waals surface area contributed by atoms with E-state index in [0.29, 0.717) is 43.6 Å². The summed E-state index contributed by atoms with van der Waals surface area (Å²) in [6, 6.07) is 20.6. The third-order valence-electron chi connectivity index (χ3n) is 11.7.